The molecule has 13 nitrogen and oxygen atoms in total. The van der Waals surface area contributed by atoms with Crippen molar-refractivity contribution in [2.45, 2.75) is 114 Å². The molecule has 244 valence electrons. The van der Waals surface area contributed by atoms with Crippen molar-refractivity contribution in [3.63, 3.8) is 0 Å². The van der Waals surface area contributed by atoms with Gasteiger partial charge in [0, 0.05) is 4.91 Å². The fourth-order valence-electron chi connectivity index (χ4n) is 6.22. The first-order chi connectivity index (χ1) is 21.6. The number of aliphatic hydroxyl groups excluding tert-OH is 1. The largest absolute Gasteiger partial charge is 0.390 e. The molecule has 0 radical (unpaired) electrons. The monoisotopic (exact) mass is 627 g/mol. The Morgan fingerprint density at radius 3 is 2.07 bits per heavy atom. The average Bonchev–Trinajstić information content (AvgIpc) is 3.52. The zero-order chi connectivity index (χ0) is 31.6. The maximum absolute atomic E-state index is 11.5. The Morgan fingerprint density at radius 2 is 1.38 bits per heavy atom. The van der Waals surface area contributed by atoms with Gasteiger partial charge in [-0.05, 0) is 44.4 Å². The van der Waals surface area contributed by atoms with E-state index in [-0.39, 0.29) is 19.8 Å². The Morgan fingerprint density at radius 1 is 0.756 bits per heavy atom. The smallest absolute Gasteiger partial charge is 0.190 e. The van der Waals surface area contributed by atoms with Crippen LogP contribution in [0.15, 0.2) is 65.8 Å². The van der Waals surface area contributed by atoms with Gasteiger partial charge in [-0.1, -0.05) is 65.8 Å². The van der Waals surface area contributed by atoms with Gasteiger partial charge in [0.15, 0.2) is 24.2 Å². The van der Waals surface area contributed by atoms with Crippen molar-refractivity contribution < 1.29 is 47.7 Å². The molecule has 4 fully saturated rings. The maximum Gasteiger partial charge on any atom is 0.190 e. The second kappa shape index (κ2) is 13.6. The standard InChI is InChI=1S/C32H41N3O10/c1-31(2)42-26-22(41-30-28(27(26)43-31)44-32(3,4)45-30)18-39-29-23(34-35-33)24(36)25(38-16-20-13-9-6-10-14-20)21(40-29)17-37-15-19-11-7-5-8-12-19/h5-14,21-30,36H,15-18H2,1-4H3/t21-,22-,23+,24-,25-,26+,27+,28-,29+,30-/m1/s1. The molecule has 6 rings (SSSR count). The van der Waals surface area contributed by atoms with Gasteiger partial charge < -0.3 is 47.7 Å². The van der Waals surface area contributed by atoms with Gasteiger partial charge in [-0.3, -0.25) is 0 Å². The van der Waals surface area contributed by atoms with Crippen LogP contribution in [0.25, 0.3) is 10.4 Å². The Labute approximate surface area is 262 Å². The Balaban J connectivity index is 1.17. The van der Waals surface area contributed by atoms with Crippen LogP contribution < -0.4 is 0 Å². The number of hydrogen-bond donors (Lipinski definition) is 1. The molecule has 0 aromatic heterocycles. The van der Waals surface area contributed by atoms with Gasteiger partial charge in [0.2, 0.25) is 0 Å². The van der Waals surface area contributed by atoms with Crippen LogP contribution in [0.2, 0.25) is 0 Å². The molecule has 0 aliphatic carbocycles. The van der Waals surface area contributed by atoms with Crippen LogP contribution in [0, 0.1) is 0 Å². The highest BCUT2D eigenvalue weighted by atomic mass is 16.9. The van der Waals surface area contributed by atoms with Crippen molar-refractivity contribution in [3.8, 4) is 0 Å². The van der Waals surface area contributed by atoms with Gasteiger partial charge in [0.25, 0.3) is 0 Å². The summed E-state index contributed by atoms with van der Waals surface area (Å²) in [6.45, 7) is 7.88. The average molecular weight is 628 g/mol. The first kappa shape index (κ1) is 32.3. The minimum absolute atomic E-state index is 0.0322. The van der Waals surface area contributed by atoms with Crippen molar-refractivity contribution in [3.05, 3.63) is 82.2 Å². The summed E-state index contributed by atoms with van der Waals surface area (Å²) in [6, 6.07) is 18.2. The van der Waals surface area contributed by atoms with Gasteiger partial charge in [0.05, 0.1) is 32.5 Å². The highest BCUT2D eigenvalue weighted by molar-refractivity contribution is 5.14. The number of fused-ring (bicyclic) bond motifs is 3. The van der Waals surface area contributed by atoms with Gasteiger partial charge in [-0.2, -0.15) is 0 Å². The van der Waals surface area contributed by atoms with Crippen LogP contribution in [0.5, 0.6) is 0 Å². The molecule has 13 heteroatoms. The Hall–Kier alpha value is -2.65. The van der Waals surface area contributed by atoms with Gasteiger partial charge >= 0.3 is 0 Å². The van der Waals surface area contributed by atoms with E-state index in [2.05, 4.69) is 10.0 Å². The van der Waals surface area contributed by atoms with Gasteiger partial charge in [-0.25, -0.2) is 0 Å². The molecule has 4 saturated heterocycles. The van der Waals surface area contributed by atoms with Crippen LogP contribution in [0.1, 0.15) is 38.8 Å². The summed E-state index contributed by atoms with van der Waals surface area (Å²) in [7, 11) is 0. The van der Waals surface area contributed by atoms with E-state index >= 15 is 0 Å². The van der Waals surface area contributed by atoms with Crippen LogP contribution >= 0.6 is 0 Å². The van der Waals surface area contributed by atoms with E-state index in [0.29, 0.717) is 6.61 Å². The third kappa shape index (κ3) is 7.51. The normalized spacial score (nSPS) is 36.6. The van der Waals surface area contributed by atoms with Crippen molar-refractivity contribution in [2.75, 3.05) is 13.2 Å². The molecule has 0 saturated carbocycles. The number of aliphatic hydroxyl groups is 1. The number of rotatable bonds is 11. The molecule has 0 amide bonds. The molecule has 2 aromatic rings. The van der Waals surface area contributed by atoms with E-state index in [1.165, 1.54) is 0 Å². The minimum Gasteiger partial charge on any atom is -0.390 e. The van der Waals surface area contributed by atoms with Gasteiger partial charge in [-0.15, -0.1) is 0 Å². The second-order valence-electron chi connectivity index (χ2n) is 12.5. The SMILES string of the molecule is CC1(C)O[C@H]2[C@@H](O1)[C@@H](CO[C@H]1O[C@H](COCc3ccccc3)[C@@H](OCc3ccccc3)[C@H](O)[C@@H]1N=[N+]=[N-])O[C@@H]1OC(C)(C)O[C@@H]12. The predicted octanol–water partition coefficient (Wildman–Crippen LogP) is 3.97. The zero-order valence-corrected chi connectivity index (χ0v) is 25.8. The van der Waals surface area contributed by atoms with Crippen molar-refractivity contribution in [2.24, 2.45) is 5.11 Å². The summed E-state index contributed by atoms with van der Waals surface area (Å²) >= 11 is 0. The molecular formula is C32H41N3O10. The first-order valence-electron chi connectivity index (χ1n) is 15.3. The lowest BCUT2D eigenvalue weighted by atomic mass is 9.97. The quantitative estimate of drug-likeness (QED) is 0.220. The molecule has 0 unspecified atom stereocenters. The lowest BCUT2D eigenvalue weighted by Gasteiger charge is -2.43. The molecule has 10 atom stereocenters. The summed E-state index contributed by atoms with van der Waals surface area (Å²) in [5.74, 6) is -1.74. The summed E-state index contributed by atoms with van der Waals surface area (Å²) in [6.07, 6.45) is -6.82. The van der Waals surface area contributed by atoms with E-state index in [0.717, 1.165) is 11.1 Å². The minimum atomic E-state index is -1.25. The lowest BCUT2D eigenvalue weighted by molar-refractivity contribution is -0.297. The van der Waals surface area contributed by atoms with Gasteiger partial charge in [0.1, 0.15) is 42.7 Å². The molecule has 0 spiro atoms. The molecule has 0 bridgehead atoms. The fraction of sp³-hybridized carbons (Fsp3) is 0.625. The van der Waals surface area contributed by atoms with E-state index in [4.69, 9.17) is 42.6 Å². The summed E-state index contributed by atoms with van der Waals surface area (Å²) in [5.41, 5.74) is 11.3. The highest BCUT2D eigenvalue weighted by Gasteiger charge is 2.61. The van der Waals surface area contributed by atoms with Crippen molar-refractivity contribution in [1.82, 2.24) is 0 Å². The maximum atomic E-state index is 11.5. The topological polar surface area (TPSA) is 152 Å². The molecule has 45 heavy (non-hydrogen) atoms. The number of ether oxygens (including phenoxy) is 9. The number of benzene rings is 2. The number of hydrogen-bond acceptors (Lipinski definition) is 11. The van der Waals surface area contributed by atoms with E-state index in [9.17, 15) is 10.6 Å². The first-order valence-corrected chi connectivity index (χ1v) is 15.3. The summed E-state index contributed by atoms with van der Waals surface area (Å²) < 4.78 is 55.5. The zero-order valence-electron chi connectivity index (χ0n) is 25.8. The third-order valence-electron chi connectivity index (χ3n) is 8.18. The van der Waals surface area contributed by atoms with Crippen LogP contribution in [0.4, 0.5) is 0 Å². The summed E-state index contributed by atoms with van der Waals surface area (Å²) in [5, 5.41) is 15.4. The molecule has 4 aliphatic heterocycles. The van der Waals surface area contributed by atoms with Crippen LogP contribution in [-0.2, 0) is 55.8 Å². The highest BCUT2D eigenvalue weighted by Crippen LogP contribution is 2.44. The van der Waals surface area contributed by atoms with Crippen LogP contribution in [0.3, 0.4) is 0 Å². The predicted molar refractivity (Wildman–Crippen MR) is 157 cm³/mol. The number of nitrogens with zero attached hydrogens (tertiary/aromatic N) is 3. The lowest BCUT2D eigenvalue weighted by Crippen LogP contribution is -2.61. The van der Waals surface area contributed by atoms with E-state index < -0.39 is 72.9 Å². The Bertz CT molecular complexity index is 1310. The van der Waals surface area contributed by atoms with Crippen molar-refractivity contribution >= 4 is 0 Å². The van der Waals surface area contributed by atoms with E-state index in [1.807, 2.05) is 88.4 Å². The number of azide groups is 1. The third-order valence-corrected chi connectivity index (χ3v) is 8.18. The van der Waals surface area contributed by atoms with E-state index in [1.54, 1.807) is 0 Å². The molecule has 4 aliphatic rings. The van der Waals surface area contributed by atoms with Crippen molar-refractivity contribution in [1.29, 1.82) is 0 Å². The summed E-state index contributed by atoms with van der Waals surface area (Å²) in [4.78, 5) is 2.97. The molecular weight excluding hydrogens is 586 g/mol. The molecule has 4 heterocycles. The molecule has 2 aromatic carbocycles. The van der Waals surface area contributed by atoms with Crippen LogP contribution in [-0.4, -0.2) is 91.2 Å². The fourth-order valence-corrected chi connectivity index (χ4v) is 6.22. The molecule has 1 N–H and O–H groups in total. The Kier molecular flexibility index (Phi) is 9.76. The second-order valence-corrected chi connectivity index (χ2v) is 12.5.